The Morgan fingerprint density at radius 3 is 2.44 bits per heavy atom. The Morgan fingerprint density at radius 1 is 1.31 bits per heavy atom. The Hall–Kier alpha value is -1.51. The number of hydrogen-bond donors (Lipinski definition) is 2. The monoisotopic (exact) mass is 220 g/mol. The lowest BCUT2D eigenvalue weighted by Crippen LogP contribution is -2.25. The van der Waals surface area contributed by atoms with E-state index in [1.54, 1.807) is 0 Å². The first-order valence-electron chi connectivity index (χ1n) is 5.47. The topological polar surface area (TPSA) is 59.1 Å². The largest absolute Gasteiger partial charge is 0.492 e. The van der Waals surface area contributed by atoms with E-state index < -0.39 is 0 Å². The number of amidine groups is 1. The van der Waals surface area contributed by atoms with Gasteiger partial charge in [-0.25, -0.2) is 0 Å². The second kappa shape index (κ2) is 5.01. The van der Waals surface area contributed by atoms with E-state index in [2.05, 4.69) is 26.0 Å². The number of nitrogens with one attached hydrogen (secondary N) is 1. The van der Waals surface area contributed by atoms with Gasteiger partial charge in [0.25, 0.3) is 0 Å². The molecule has 0 fully saturated rings. The number of aryl methyl sites for hydroxylation is 2. The minimum absolute atomic E-state index is 0.0423. The molecule has 0 radical (unpaired) electrons. The molecule has 1 aromatic carbocycles. The summed E-state index contributed by atoms with van der Waals surface area (Å²) in [6.45, 7) is 8.50. The van der Waals surface area contributed by atoms with Gasteiger partial charge < -0.3 is 10.5 Å². The first kappa shape index (κ1) is 12.6. The summed E-state index contributed by atoms with van der Waals surface area (Å²) < 4.78 is 5.75. The van der Waals surface area contributed by atoms with Crippen molar-refractivity contribution in [3.05, 3.63) is 28.8 Å². The molecule has 0 aliphatic rings. The van der Waals surface area contributed by atoms with E-state index in [1.165, 1.54) is 5.56 Å². The number of nitrogens with two attached hydrogens (primary N) is 1. The lowest BCUT2D eigenvalue weighted by atomic mass is 10.1. The molecule has 0 saturated heterocycles. The van der Waals surface area contributed by atoms with Gasteiger partial charge >= 0.3 is 0 Å². The highest BCUT2D eigenvalue weighted by molar-refractivity contribution is 5.79. The van der Waals surface area contributed by atoms with Crippen LogP contribution >= 0.6 is 0 Å². The van der Waals surface area contributed by atoms with E-state index in [0.717, 1.165) is 16.9 Å². The Balaban J connectivity index is 2.81. The maximum Gasteiger partial charge on any atom is 0.125 e. The molecule has 1 rings (SSSR count). The lowest BCUT2D eigenvalue weighted by Gasteiger charge is -2.16. The van der Waals surface area contributed by atoms with Gasteiger partial charge in [0.2, 0.25) is 0 Å². The Morgan fingerprint density at radius 2 is 1.88 bits per heavy atom. The maximum absolute atomic E-state index is 7.31. The van der Waals surface area contributed by atoms with Gasteiger partial charge in [-0.05, 0) is 37.5 Å². The van der Waals surface area contributed by atoms with E-state index in [1.807, 2.05) is 13.8 Å². The molecule has 0 aliphatic carbocycles. The van der Waals surface area contributed by atoms with Gasteiger partial charge in [0.05, 0.1) is 12.4 Å². The van der Waals surface area contributed by atoms with E-state index in [0.29, 0.717) is 6.61 Å². The zero-order chi connectivity index (χ0) is 12.3. The van der Waals surface area contributed by atoms with E-state index in [4.69, 9.17) is 15.9 Å². The van der Waals surface area contributed by atoms with E-state index in [-0.39, 0.29) is 11.8 Å². The summed E-state index contributed by atoms with van der Waals surface area (Å²) in [6, 6.07) is 4.14. The van der Waals surface area contributed by atoms with Crippen LogP contribution in [0.4, 0.5) is 0 Å². The summed E-state index contributed by atoms with van der Waals surface area (Å²) in [6.07, 6.45) is 0. The van der Waals surface area contributed by atoms with Crippen molar-refractivity contribution >= 4 is 5.84 Å². The molecule has 3 heteroatoms. The fourth-order valence-electron chi connectivity index (χ4n) is 1.45. The van der Waals surface area contributed by atoms with Crippen LogP contribution in [-0.4, -0.2) is 12.4 Å². The standard InChI is InChI=1S/C13H20N2O/c1-8-5-6-9(2)12(11(8)4)16-7-10(3)13(14)15/h5-6,10H,7H2,1-4H3,(H3,14,15). The van der Waals surface area contributed by atoms with Crippen molar-refractivity contribution in [3.8, 4) is 5.75 Å². The summed E-state index contributed by atoms with van der Waals surface area (Å²) in [5, 5.41) is 7.31. The van der Waals surface area contributed by atoms with Crippen LogP contribution < -0.4 is 10.5 Å². The lowest BCUT2D eigenvalue weighted by molar-refractivity contribution is 0.288. The van der Waals surface area contributed by atoms with Gasteiger partial charge in [0, 0.05) is 5.92 Å². The minimum atomic E-state index is -0.0423. The molecular weight excluding hydrogens is 200 g/mol. The maximum atomic E-state index is 7.31. The molecule has 3 N–H and O–H groups in total. The number of benzene rings is 1. The smallest absolute Gasteiger partial charge is 0.125 e. The molecule has 0 amide bonds. The van der Waals surface area contributed by atoms with Crippen molar-refractivity contribution in [2.75, 3.05) is 6.61 Å². The molecule has 0 bridgehead atoms. The summed E-state index contributed by atoms with van der Waals surface area (Å²) >= 11 is 0. The van der Waals surface area contributed by atoms with Crippen LogP contribution in [-0.2, 0) is 0 Å². The predicted molar refractivity (Wildman–Crippen MR) is 67.2 cm³/mol. The number of ether oxygens (including phenoxy) is 1. The van der Waals surface area contributed by atoms with Gasteiger partial charge in [-0.15, -0.1) is 0 Å². The predicted octanol–water partition coefficient (Wildman–Crippen LogP) is 2.56. The molecule has 0 aliphatic heterocycles. The van der Waals surface area contributed by atoms with Gasteiger partial charge in [-0.3, -0.25) is 5.41 Å². The zero-order valence-corrected chi connectivity index (χ0v) is 10.4. The van der Waals surface area contributed by atoms with Crippen LogP contribution in [0.5, 0.6) is 5.75 Å². The Labute approximate surface area is 97.1 Å². The first-order chi connectivity index (χ1) is 7.43. The van der Waals surface area contributed by atoms with Gasteiger partial charge in [-0.1, -0.05) is 19.1 Å². The molecule has 1 atom stereocenters. The molecule has 0 saturated carbocycles. The second-order valence-electron chi connectivity index (χ2n) is 4.32. The summed E-state index contributed by atoms with van der Waals surface area (Å²) in [5.41, 5.74) is 8.91. The Bertz CT molecular complexity index is 399. The molecule has 0 aromatic heterocycles. The van der Waals surface area contributed by atoms with Crippen LogP contribution in [0, 0.1) is 32.1 Å². The third kappa shape index (κ3) is 2.75. The third-order valence-corrected chi connectivity index (χ3v) is 2.88. The van der Waals surface area contributed by atoms with Crippen LogP contribution in [0.25, 0.3) is 0 Å². The fourth-order valence-corrected chi connectivity index (χ4v) is 1.45. The average molecular weight is 220 g/mol. The van der Waals surface area contributed by atoms with Gasteiger partial charge in [-0.2, -0.15) is 0 Å². The molecule has 1 unspecified atom stereocenters. The van der Waals surface area contributed by atoms with Crippen molar-refractivity contribution in [2.24, 2.45) is 11.7 Å². The molecule has 0 spiro atoms. The van der Waals surface area contributed by atoms with E-state index in [9.17, 15) is 0 Å². The fraction of sp³-hybridized carbons (Fsp3) is 0.462. The average Bonchev–Trinajstić information content (AvgIpc) is 2.23. The quantitative estimate of drug-likeness (QED) is 0.605. The zero-order valence-electron chi connectivity index (χ0n) is 10.4. The molecule has 88 valence electrons. The highest BCUT2D eigenvalue weighted by Crippen LogP contribution is 2.26. The third-order valence-electron chi connectivity index (χ3n) is 2.88. The molecule has 16 heavy (non-hydrogen) atoms. The number of hydrogen-bond acceptors (Lipinski definition) is 2. The highest BCUT2D eigenvalue weighted by atomic mass is 16.5. The van der Waals surface area contributed by atoms with Crippen molar-refractivity contribution in [1.29, 1.82) is 5.41 Å². The molecule has 3 nitrogen and oxygen atoms in total. The summed E-state index contributed by atoms with van der Waals surface area (Å²) in [4.78, 5) is 0. The van der Waals surface area contributed by atoms with Crippen LogP contribution in [0.15, 0.2) is 12.1 Å². The summed E-state index contributed by atoms with van der Waals surface area (Å²) in [7, 11) is 0. The second-order valence-corrected chi connectivity index (χ2v) is 4.32. The van der Waals surface area contributed by atoms with Crippen molar-refractivity contribution in [2.45, 2.75) is 27.7 Å². The molecule has 0 heterocycles. The van der Waals surface area contributed by atoms with Crippen molar-refractivity contribution in [1.82, 2.24) is 0 Å². The molecular formula is C13H20N2O. The van der Waals surface area contributed by atoms with Crippen LogP contribution in [0.2, 0.25) is 0 Å². The first-order valence-corrected chi connectivity index (χ1v) is 5.47. The SMILES string of the molecule is Cc1ccc(C)c(OCC(C)C(=N)N)c1C. The Kier molecular flexibility index (Phi) is 3.93. The minimum Gasteiger partial charge on any atom is -0.492 e. The van der Waals surface area contributed by atoms with Gasteiger partial charge in [0.15, 0.2) is 0 Å². The van der Waals surface area contributed by atoms with Gasteiger partial charge in [0.1, 0.15) is 5.75 Å². The van der Waals surface area contributed by atoms with E-state index >= 15 is 0 Å². The van der Waals surface area contributed by atoms with Crippen LogP contribution in [0.1, 0.15) is 23.6 Å². The summed E-state index contributed by atoms with van der Waals surface area (Å²) in [5.74, 6) is 1.05. The number of rotatable bonds is 4. The highest BCUT2D eigenvalue weighted by Gasteiger charge is 2.10. The van der Waals surface area contributed by atoms with Crippen LogP contribution in [0.3, 0.4) is 0 Å². The van der Waals surface area contributed by atoms with Crippen molar-refractivity contribution < 1.29 is 4.74 Å². The normalized spacial score (nSPS) is 12.2. The van der Waals surface area contributed by atoms with Crippen molar-refractivity contribution in [3.63, 3.8) is 0 Å². The molecule has 1 aromatic rings.